The van der Waals surface area contributed by atoms with Gasteiger partial charge in [0.1, 0.15) is 17.7 Å². The van der Waals surface area contributed by atoms with Crippen molar-refractivity contribution in [3.05, 3.63) is 64.5 Å². The lowest BCUT2D eigenvalue weighted by molar-refractivity contribution is 0.219. The Kier molecular flexibility index (Phi) is 3.86. The van der Waals surface area contributed by atoms with Crippen LogP contribution in [0.2, 0.25) is 0 Å². The minimum atomic E-state index is -0.784. The van der Waals surface area contributed by atoms with Crippen LogP contribution in [-0.2, 0) is 0 Å². The molecule has 0 bridgehead atoms. The van der Waals surface area contributed by atoms with Gasteiger partial charge in [0.2, 0.25) is 0 Å². The van der Waals surface area contributed by atoms with E-state index in [1.54, 1.807) is 39.2 Å². The summed E-state index contributed by atoms with van der Waals surface area (Å²) in [6, 6.07) is 10.6. The van der Waals surface area contributed by atoms with Gasteiger partial charge in [0.15, 0.2) is 0 Å². The fourth-order valence-electron chi connectivity index (χ4n) is 2.14. The predicted octanol–water partition coefficient (Wildman–Crippen LogP) is 3.53. The molecule has 3 heteroatoms. The van der Waals surface area contributed by atoms with E-state index < -0.39 is 6.10 Å². The molecular formula is C16H17FO2. The Bertz CT molecular complexity index is 570. The highest BCUT2D eigenvalue weighted by Gasteiger charge is 2.14. The van der Waals surface area contributed by atoms with Gasteiger partial charge in [-0.25, -0.2) is 4.39 Å². The fourth-order valence-corrected chi connectivity index (χ4v) is 2.14. The van der Waals surface area contributed by atoms with Crippen LogP contribution in [0.15, 0.2) is 36.4 Å². The number of aryl methyl sites for hydroxylation is 2. The number of benzene rings is 2. The van der Waals surface area contributed by atoms with Crippen LogP contribution < -0.4 is 4.74 Å². The number of hydrogen-bond acceptors (Lipinski definition) is 2. The van der Waals surface area contributed by atoms with Crippen LogP contribution in [0.1, 0.15) is 28.4 Å². The molecule has 1 unspecified atom stereocenters. The zero-order chi connectivity index (χ0) is 14.0. The van der Waals surface area contributed by atoms with Gasteiger partial charge in [-0.15, -0.1) is 0 Å². The zero-order valence-electron chi connectivity index (χ0n) is 11.3. The van der Waals surface area contributed by atoms with E-state index in [1.165, 1.54) is 0 Å². The second-order valence-electron chi connectivity index (χ2n) is 4.65. The van der Waals surface area contributed by atoms with E-state index >= 15 is 0 Å². The molecule has 2 aromatic rings. The van der Waals surface area contributed by atoms with E-state index in [9.17, 15) is 9.50 Å². The Balaban J connectivity index is 2.40. The van der Waals surface area contributed by atoms with Crippen LogP contribution in [-0.4, -0.2) is 12.2 Å². The topological polar surface area (TPSA) is 29.5 Å². The van der Waals surface area contributed by atoms with Crippen molar-refractivity contribution in [2.45, 2.75) is 20.0 Å². The van der Waals surface area contributed by atoms with Crippen molar-refractivity contribution in [3.63, 3.8) is 0 Å². The highest BCUT2D eigenvalue weighted by Crippen LogP contribution is 2.27. The Morgan fingerprint density at radius 3 is 2.26 bits per heavy atom. The minimum absolute atomic E-state index is 0.221. The SMILES string of the molecule is COc1cccc(C(O)c2cc(C)c(F)c(C)c2)c1. The first kappa shape index (κ1) is 13.6. The highest BCUT2D eigenvalue weighted by molar-refractivity contribution is 5.38. The number of halogens is 1. The summed E-state index contributed by atoms with van der Waals surface area (Å²) in [4.78, 5) is 0. The van der Waals surface area contributed by atoms with Crippen LogP contribution in [0.4, 0.5) is 4.39 Å². The van der Waals surface area contributed by atoms with Crippen LogP contribution >= 0.6 is 0 Å². The summed E-state index contributed by atoms with van der Waals surface area (Å²) >= 11 is 0. The Hall–Kier alpha value is -1.87. The van der Waals surface area contributed by atoms with Gasteiger partial charge in [-0.1, -0.05) is 24.3 Å². The average molecular weight is 260 g/mol. The van der Waals surface area contributed by atoms with E-state index in [0.29, 0.717) is 22.4 Å². The molecule has 100 valence electrons. The molecule has 1 atom stereocenters. The van der Waals surface area contributed by atoms with Crippen molar-refractivity contribution in [2.24, 2.45) is 0 Å². The first-order valence-corrected chi connectivity index (χ1v) is 6.11. The summed E-state index contributed by atoms with van der Waals surface area (Å²) in [6.45, 7) is 3.40. The summed E-state index contributed by atoms with van der Waals surface area (Å²) in [5.41, 5.74) is 2.49. The summed E-state index contributed by atoms with van der Waals surface area (Å²) in [5, 5.41) is 10.4. The number of hydrogen-bond donors (Lipinski definition) is 1. The van der Waals surface area contributed by atoms with Crippen LogP contribution in [0.25, 0.3) is 0 Å². The monoisotopic (exact) mass is 260 g/mol. The molecule has 0 spiro atoms. The molecule has 0 saturated carbocycles. The van der Waals surface area contributed by atoms with Crippen molar-refractivity contribution in [1.29, 1.82) is 0 Å². The Labute approximate surface area is 112 Å². The van der Waals surface area contributed by atoms with Gasteiger partial charge in [-0.2, -0.15) is 0 Å². The molecule has 0 saturated heterocycles. The third-order valence-electron chi connectivity index (χ3n) is 3.18. The minimum Gasteiger partial charge on any atom is -0.497 e. The van der Waals surface area contributed by atoms with Crippen molar-refractivity contribution < 1.29 is 14.2 Å². The number of ether oxygens (including phenoxy) is 1. The third-order valence-corrected chi connectivity index (χ3v) is 3.18. The molecule has 19 heavy (non-hydrogen) atoms. The first-order valence-electron chi connectivity index (χ1n) is 6.11. The summed E-state index contributed by atoms with van der Waals surface area (Å²) < 4.78 is 18.7. The lowest BCUT2D eigenvalue weighted by Crippen LogP contribution is -2.02. The van der Waals surface area contributed by atoms with E-state index in [2.05, 4.69) is 0 Å². The maximum absolute atomic E-state index is 13.6. The predicted molar refractivity (Wildman–Crippen MR) is 72.9 cm³/mol. The maximum Gasteiger partial charge on any atom is 0.129 e. The fraction of sp³-hybridized carbons (Fsp3) is 0.250. The molecule has 0 aromatic heterocycles. The van der Waals surface area contributed by atoms with Crippen molar-refractivity contribution >= 4 is 0 Å². The van der Waals surface area contributed by atoms with Gasteiger partial charge in [-0.3, -0.25) is 0 Å². The molecule has 0 heterocycles. The zero-order valence-corrected chi connectivity index (χ0v) is 11.3. The molecular weight excluding hydrogens is 243 g/mol. The molecule has 0 amide bonds. The molecule has 2 aromatic carbocycles. The molecule has 2 nitrogen and oxygen atoms in total. The van der Waals surface area contributed by atoms with Gasteiger partial charge < -0.3 is 9.84 Å². The van der Waals surface area contributed by atoms with Crippen molar-refractivity contribution in [2.75, 3.05) is 7.11 Å². The third kappa shape index (κ3) is 2.76. The molecule has 2 rings (SSSR count). The van der Waals surface area contributed by atoms with Gasteiger partial charge in [0.25, 0.3) is 0 Å². The van der Waals surface area contributed by atoms with Crippen LogP contribution in [0.3, 0.4) is 0 Å². The Morgan fingerprint density at radius 1 is 1.05 bits per heavy atom. The normalized spacial score (nSPS) is 12.3. The Morgan fingerprint density at radius 2 is 1.68 bits per heavy atom. The molecule has 0 fully saturated rings. The largest absolute Gasteiger partial charge is 0.497 e. The number of aliphatic hydroxyl groups excluding tert-OH is 1. The number of methoxy groups -OCH3 is 1. The van der Waals surface area contributed by atoms with Crippen LogP contribution in [0.5, 0.6) is 5.75 Å². The molecule has 0 radical (unpaired) electrons. The molecule has 0 aliphatic heterocycles. The second-order valence-corrected chi connectivity index (χ2v) is 4.65. The van der Waals surface area contributed by atoms with Crippen LogP contribution in [0, 0.1) is 19.7 Å². The molecule has 0 aliphatic rings. The van der Waals surface area contributed by atoms with Crippen molar-refractivity contribution in [3.8, 4) is 5.75 Å². The summed E-state index contributed by atoms with van der Waals surface area (Å²) in [5.74, 6) is 0.466. The lowest BCUT2D eigenvalue weighted by Gasteiger charge is -2.14. The lowest BCUT2D eigenvalue weighted by atomic mass is 9.97. The quantitative estimate of drug-likeness (QED) is 0.914. The van der Waals surface area contributed by atoms with Gasteiger partial charge in [0, 0.05) is 0 Å². The summed E-state index contributed by atoms with van der Waals surface area (Å²) in [7, 11) is 1.58. The van der Waals surface area contributed by atoms with Gasteiger partial charge in [0.05, 0.1) is 7.11 Å². The number of aliphatic hydroxyl groups is 1. The van der Waals surface area contributed by atoms with E-state index in [0.717, 1.165) is 5.56 Å². The van der Waals surface area contributed by atoms with E-state index in [4.69, 9.17) is 4.74 Å². The smallest absolute Gasteiger partial charge is 0.129 e. The van der Waals surface area contributed by atoms with E-state index in [-0.39, 0.29) is 5.82 Å². The number of rotatable bonds is 3. The maximum atomic E-state index is 13.6. The standard InChI is InChI=1S/C16H17FO2/c1-10-7-13(8-11(2)15(10)17)16(18)12-5-4-6-14(9-12)19-3/h4-9,16,18H,1-3H3. The van der Waals surface area contributed by atoms with Gasteiger partial charge >= 0.3 is 0 Å². The van der Waals surface area contributed by atoms with E-state index in [1.807, 2.05) is 18.2 Å². The first-order chi connectivity index (χ1) is 9.02. The molecule has 0 aliphatic carbocycles. The molecule has 1 N–H and O–H groups in total. The average Bonchev–Trinajstić information content (AvgIpc) is 2.43. The highest BCUT2D eigenvalue weighted by atomic mass is 19.1. The summed E-state index contributed by atoms with van der Waals surface area (Å²) in [6.07, 6.45) is -0.784. The van der Waals surface area contributed by atoms with Crippen molar-refractivity contribution in [1.82, 2.24) is 0 Å². The van der Waals surface area contributed by atoms with Gasteiger partial charge in [-0.05, 0) is 48.2 Å². The second kappa shape index (κ2) is 5.41.